The van der Waals surface area contributed by atoms with E-state index in [2.05, 4.69) is 20.6 Å². The first-order chi connectivity index (χ1) is 15.1. The summed E-state index contributed by atoms with van der Waals surface area (Å²) in [6.45, 7) is 1.87. The predicted octanol–water partition coefficient (Wildman–Crippen LogP) is 3.72. The molecule has 1 aliphatic rings. The summed E-state index contributed by atoms with van der Waals surface area (Å²) in [5.74, 6) is -0.144. The minimum absolute atomic E-state index is 0.120. The second kappa shape index (κ2) is 11.5. The highest BCUT2D eigenvalue weighted by Crippen LogP contribution is 2.18. The maximum atomic E-state index is 12.9. The lowest BCUT2D eigenvalue weighted by Crippen LogP contribution is -2.49. The van der Waals surface area contributed by atoms with E-state index in [1.807, 2.05) is 6.92 Å². The molecule has 0 aliphatic heterocycles. The topological polar surface area (TPSA) is 101 Å². The first-order valence-electron chi connectivity index (χ1n) is 11.4. The summed E-state index contributed by atoms with van der Waals surface area (Å²) >= 11 is 0. The number of amides is 2. The van der Waals surface area contributed by atoms with Gasteiger partial charge in [0, 0.05) is 36.8 Å². The SMILES string of the molecule is CCC(=O)CCCCC[C@H](NC(=O)c1ccc2nccnc2c1)C(=O)NC1CCCC1. The van der Waals surface area contributed by atoms with E-state index in [0.29, 0.717) is 30.3 Å². The zero-order chi connectivity index (χ0) is 22.1. The number of hydrogen-bond donors (Lipinski definition) is 2. The van der Waals surface area contributed by atoms with Crippen LogP contribution in [-0.4, -0.2) is 39.6 Å². The number of rotatable bonds is 11. The van der Waals surface area contributed by atoms with Gasteiger partial charge in [-0.2, -0.15) is 0 Å². The molecule has 0 bridgehead atoms. The average molecular weight is 425 g/mol. The van der Waals surface area contributed by atoms with Crippen LogP contribution in [0.4, 0.5) is 0 Å². The number of aromatic nitrogens is 2. The summed E-state index contributed by atoms with van der Waals surface area (Å²) in [5, 5.41) is 6.02. The summed E-state index contributed by atoms with van der Waals surface area (Å²) in [6, 6.07) is 4.77. The Hall–Kier alpha value is -2.83. The summed E-state index contributed by atoms with van der Waals surface area (Å²) < 4.78 is 0. The molecule has 1 saturated carbocycles. The molecule has 1 aromatic heterocycles. The van der Waals surface area contributed by atoms with Crippen LogP contribution in [0.15, 0.2) is 30.6 Å². The Labute approximate surface area is 183 Å². The predicted molar refractivity (Wildman–Crippen MR) is 120 cm³/mol. The quantitative estimate of drug-likeness (QED) is 0.536. The van der Waals surface area contributed by atoms with Gasteiger partial charge in [0.15, 0.2) is 0 Å². The number of nitrogens with one attached hydrogen (secondary N) is 2. The molecule has 0 unspecified atom stereocenters. The molecular weight excluding hydrogens is 392 g/mol. The van der Waals surface area contributed by atoms with Crippen molar-refractivity contribution < 1.29 is 14.4 Å². The average Bonchev–Trinajstić information content (AvgIpc) is 3.30. The van der Waals surface area contributed by atoms with Gasteiger partial charge in [0.05, 0.1) is 11.0 Å². The van der Waals surface area contributed by atoms with E-state index in [1.54, 1.807) is 30.6 Å². The minimum atomic E-state index is -0.590. The van der Waals surface area contributed by atoms with Crippen molar-refractivity contribution in [3.8, 4) is 0 Å². The number of benzene rings is 1. The van der Waals surface area contributed by atoms with E-state index in [9.17, 15) is 14.4 Å². The van der Waals surface area contributed by atoms with E-state index in [-0.39, 0.29) is 23.6 Å². The van der Waals surface area contributed by atoms with Crippen LogP contribution in [0.3, 0.4) is 0 Å². The summed E-state index contributed by atoms with van der Waals surface area (Å²) in [5.41, 5.74) is 1.82. The van der Waals surface area contributed by atoms with Gasteiger partial charge in [-0.25, -0.2) is 0 Å². The fraction of sp³-hybridized carbons (Fsp3) is 0.542. The number of unbranched alkanes of at least 4 members (excludes halogenated alkanes) is 2. The van der Waals surface area contributed by atoms with Gasteiger partial charge in [-0.05, 0) is 43.9 Å². The van der Waals surface area contributed by atoms with Crippen LogP contribution in [0.2, 0.25) is 0 Å². The molecule has 1 atom stereocenters. The monoisotopic (exact) mass is 424 g/mol. The van der Waals surface area contributed by atoms with Crippen LogP contribution in [0.5, 0.6) is 0 Å². The lowest BCUT2D eigenvalue weighted by Gasteiger charge is -2.21. The number of Topliss-reactive ketones (excluding diaryl/α,β-unsaturated/α-hetero) is 1. The van der Waals surface area contributed by atoms with Crippen molar-refractivity contribution >= 4 is 28.6 Å². The molecule has 0 radical (unpaired) electrons. The molecule has 0 saturated heterocycles. The third-order valence-electron chi connectivity index (χ3n) is 5.90. The molecule has 3 rings (SSSR count). The zero-order valence-corrected chi connectivity index (χ0v) is 18.2. The lowest BCUT2D eigenvalue weighted by molar-refractivity contribution is -0.124. The molecule has 7 heteroatoms. The number of nitrogens with zero attached hydrogens (tertiary/aromatic N) is 2. The standard InChI is InChI=1S/C24H32N4O3/c1-2-19(29)10-4-3-5-11-21(24(31)27-18-8-6-7-9-18)28-23(30)17-12-13-20-22(16-17)26-15-14-25-20/h12-16,18,21H,2-11H2,1H3,(H,27,31)(H,28,30)/t21-/m0/s1. The Bertz CT molecular complexity index is 909. The van der Waals surface area contributed by atoms with Gasteiger partial charge in [-0.1, -0.05) is 32.6 Å². The second-order valence-corrected chi connectivity index (χ2v) is 8.27. The molecule has 31 heavy (non-hydrogen) atoms. The van der Waals surface area contributed by atoms with Gasteiger partial charge < -0.3 is 10.6 Å². The van der Waals surface area contributed by atoms with Crippen LogP contribution in [-0.2, 0) is 9.59 Å². The van der Waals surface area contributed by atoms with E-state index in [1.165, 1.54) is 0 Å². The van der Waals surface area contributed by atoms with Crippen molar-refractivity contribution in [2.75, 3.05) is 0 Å². The molecule has 1 aromatic carbocycles. The fourth-order valence-corrected chi connectivity index (χ4v) is 4.01. The number of fused-ring (bicyclic) bond motifs is 1. The van der Waals surface area contributed by atoms with Crippen LogP contribution in [0.1, 0.15) is 81.5 Å². The maximum Gasteiger partial charge on any atom is 0.252 e. The number of hydrogen-bond acceptors (Lipinski definition) is 5. The highest BCUT2D eigenvalue weighted by molar-refractivity contribution is 5.99. The van der Waals surface area contributed by atoms with Gasteiger partial charge >= 0.3 is 0 Å². The van der Waals surface area contributed by atoms with Crippen LogP contribution < -0.4 is 10.6 Å². The summed E-state index contributed by atoms with van der Waals surface area (Å²) in [4.78, 5) is 45.7. The lowest BCUT2D eigenvalue weighted by atomic mass is 10.0. The maximum absolute atomic E-state index is 12.9. The van der Waals surface area contributed by atoms with Crippen molar-refractivity contribution in [1.29, 1.82) is 0 Å². The third kappa shape index (κ3) is 6.84. The van der Waals surface area contributed by atoms with Crippen molar-refractivity contribution in [2.24, 2.45) is 0 Å². The molecule has 2 N–H and O–H groups in total. The Morgan fingerprint density at radius 2 is 1.77 bits per heavy atom. The fourth-order valence-electron chi connectivity index (χ4n) is 4.01. The molecule has 166 valence electrons. The Kier molecular flexibility index (Phi) is 8.50. The second-order valence-electron chi connectivity index (χ2n) is 8.27. The van der Waals surface area contributed by atoms with E-state index in [4.69, 9.17) is 0 Å². The van der Waals surface area contributed by atoms with Crippen LogP contribution in [0, 0.1) is 0 Å². The Balaban J connectivity index is 1.61. The van der Waals surface area contributed by atoms with Crippen molar-refractivity contribution in [2.45, 2.75) is 83.2 Å². The van der Waals surface area contributed by atoms with Gasteiger partial charge in [0.2, 0.25) is 5.91 Å². The largest absolute Gasteiger partial charge is 0.352 e. The van der Waals surface area contributed by atoms with Crippen molar-refractivity contribution in [1.82, 2.24) is 20.6 Å². The highest BCUT2D eigenvalue weighted by Gasteiger charge is 2.25. The smallest absolute Gasteiger partial charge is 0.252 e. The Morgan fingerprint density at radius 3 is 2.52 bits per heavy atom. The van der Waals surface area contributed by atoms with Crippen molar-refractivity contribution in [3.63, 3.8) is 0 Å². The van der Waals surface area contributed by atoms with Crippen LogP contribution in [0.25, 0.3) is 11.0 Å². The molecule has 7 nitrogen and oxygen atoms in total. The molecule has 1 heterocycles. The molecule has 0 spiro atoms. The Morgan fingerprint density at radius 1 is 1.03 bits per heavy atom. The highest BCUT2D eigenvalue weighted by atomic mass is 16.2. The molecule has 1 fully saturated rings. The van der Waals surface area contributed by atoms with Gasteiger partial charge in [0.1, 0.15) is 11.8 Å². The summed E-state index contributed by atoms with van der Waals surface area (Å²) in [7, 11) is 0. The van der Waals surface area contributed by atoms with E-state index >= 15 is 0 Å². The van der Waals surface area contributed by atoms with Crippen LogP contribution >= 0.6 is 0 Å². The normalized spacial score (nSPS) is 15.0. The first-order valence-corrected chi connectivity index (χ1v) is 11.4. The molecule has 2 aromatic rings. The van der Waals surface area contributed by atoms with Gasteiger partial charge in [-0.3, -0.25) is 24.4 Å². The zero-order valence-electron chi connectivity index (χ0n) is 18.2. The number of carbonyl (C=O) groups excluding carboxylic acids is 3. The molecular formula is C24H32N4O3. The van der Waals surface area contributed by atoms with Gasteiger partial charge in [-0.15, -0.1) is 0 Å². The summed E-state index contributed by atoms with van der Waals surface area (Å²) in [6.07, 6.45) is 11.6. The van der Waals surface area contributed by atoms with E-state index in [0.717, 1.165) is 50.5 Å². The van der Waals surface area contributed by atoms with Crippen molar-refractivity contribution in [3.05, 3.63) is 36.2 Å². The number of carbonyl (C=O) groups is 3. The van der Waals surface area contributed by atoms with E-state index < -0.39 is 6.04 Å². The number of ketones is 1. The minimum Gasteiger partial charge on any atom is -0.352 e. The third-order valence-corrected chi connectivity index (χ3v) is 5.90. The van der Waals surface area contributed by atoms with Gasteiger partial charge in [0.25, 0.3) is 5.91 Å². The molecule has 2 amide bonds. The molecule has 1 aliphatic carbocycles. The first kappa shape index (κ1) is 22.8.